The molecular formula is C22H33N3O5S. The molecule has 2 aliphatic heterocycles. The van der Waals surface area contributed by atoms with Crippen molar-refractivity contribution in [3.05, 3.63) is 24.3 Å². The lowest BCUT2D eigenvalue weighted by Crippen LogP contribution is -2.55. The van der Waals surface area contributed by atoms with Crippen LogP contribution in [0.4, 0.5) is 5.69 Å². The molecule has 0 radical (unpaired) electrons. The van der Waals surface area contributed by atoms with Gasteiger partial charge in [-0.25, -0.2) is 8.42 Å². The van der Waals surface area contributed by atoms with Crippen molar-refractivity contribution in [1.29, 1.82) is 0 Å². The molecule has 0 saturated carbocycles. The van der Waals surface area contributed by atoms with Gasteiger partial charge in [0.2, 0.25) is 21.8 Å². The number of rotatable bonds is 6. The van der Waals surface area contributed by atoms with Gasteiger partial charge in [0.1, 0.15) is 0 Å². The van der Waals surface area contributed by atoms with Crippen molar-refractivity contribution in [2.75, 3.05) is 37.6 Å². The van der Waals surface area contributed by atoms with Gasteiger partial charge in [0.25, 0.3) is 0 Å². The van der Waals surface area contributed by atoms with E-state index in [1.165, 1.54) is 16.4 Å². The van der Waals surface area contributed by atoms with Gasteiger partial charge < -0.3 is 14.5 Å². The van der Waals surface area contributed by atoms with Crippen LogP contribution >= 0.6 is 0 Å². The number of morpholine rings is 1. The molecule has 0 N–H and O–H groups in total. The lowest BCUT2D eigenvalue weighted by molar-refractivity contribution is -0.161. The summed E-state index contributed by atoms with van der Waals surface area (Å²) in [6, 6.07) is 6.33. The van der Waals surface area contributed by atoms with Crippen LogP contribution in [0.25, 0.3) is 0 Å². The minimum atomic E-state index is -3.55. The van der Waals surface area contributed by atoms with E-state index in [1.807, 2.05) is 20.8 Å². The van der Waals surface area contributed by atoms with Crippen molar-refractivity contribution in [3.63, 3.8) is 0 Å². The maximum atomic E-state index is 13.1. The maximum absolute atomic E-state index is 13.1. The second-order valence-corrected chi connectivity index (χ2v) is 10.8. The lowest BCUT2D eigenvalue weighted by Gasteiger charge is -2.42. The molecule has 1 aromatic rings. The highest BCUT2D eigenvalue weighted by atomic mass is 32.2. The highest BCUT2D eigenvalue weighted by molar-refractivity contribution is 7.89. The molecule has 2 atom stereocenters. The number of ether oxygens (including phenoxy) is 1. The van der Waals surface area contributed by atoms with Gasteiger partial charge in [-0.05, 0) is 45.0 Å². The van der Waals surface area contributed by atoms with Gasteiger partial charge >= 0.3 is 0 Å². The number of hydrogen-bond acceptors (Lipinski definition) is 5. The largest absolute Gasteiger partial charge is 0.369 e. The van der Waals surface area contributed by atoms with Gasteiger partial charge in [-0.2, -0.15) is 4.31 Å². The molecular weight excluding hydrogens is 418 g/mol. The summed E-state index contributed by atoms with van der Waals surface area (Å²) in [5, 5.41) is 0. The molecule has 2 heterocycles. The van der Waals surface area contributed by atoms with Crippen LogP contribution in [0.5, 0.6) is 0 Å². The van der Waals surface area contributed by atoms with Crippen molar-refractivity contribution >= 4 is 27.5 Å². The van der Waals surface area contributed by atoms with Gasteiger partial charge in [0.15, 0.2) is 0 Å². The van der Waals surface area contributed by atoms with Crippen LogP contribution in [0.2, 0.25) is 0 Å². The van der Waals surface area contributed by atoms with Crippen LogP contribution in [0, 0.1) is 5.92 Å². The summed E-state index contributed by atoms with van der Waals surface area (Å²) in [5.41, 5.74) is 0.191. The number of anilines is 1. The number of carbonyl (C=O) groups excluding carboxylic acids is 2. The van der Waals surface area contributed by atoms with E-state index in [9.17, 15) is 18.0 Å². The quantitative estimate of drug-likeness (QED) is 0.661. The molecule has 0 aromatic heterocycles. The number of carbonyl (C=O) groups is 2. The molecule has 2 unspecified atom stereocenters. The average Bonchev–Trinajstić information content (AvgIpc) is 3.08. The molecule has 2 amide bonds. The average molecular weight is 452 g/mol. The van der Waals surface area contributed by atoms with Crippen LogP contribution in [-0.4, -0.2) is 73.9 Å². The zero-order valence-electron chi connectivity index (χ0n) is 19.0. The molecule has 2 aliphatic rings. The van der Waals surface area contributed by atoms with Crippen LogP contribution in [0.1, 0.15) is 41.0 Å². The first-order valence-electron chi connectivity index (χ1n) is 10.9. The molecule has 1 aromatic carbocycles. The number of benzene rings is 1. The first-order valence-corrected chi connectivity index (χ1v) is 12.3. The van der Waals surface area contributed by atoms with Crippen molar-refractivity contribution in [1.82, 2.24) is 9.21 Å². The summed E-state index contributed by atoms with van der Waals surface area (Å²) in [7, 11) is -3.55. The Balaban J connectivity index is 1.72. The summed E-state index contributed by atoms with van der Waals surface area (Å²) < 4.78 is 32.6. The fraction of sp³-hybridized carbons (Fsp3) is 0.636. The Morgan fingerprint density at radius 2 is 1.77 bits per heavy atom. The van der Waals surface area contributed by atoms with E-state index in [0.717, 1.165) is 0 Å². The van der Waals surface area contributed by atoms with Gasteiger partial charge in [-0.1, -0.05) is 13.8 Å². The number of hydrogen-bond donors (Lipinski definition) is 0. The minimum absolute atomic E-state index is 0.0280. The smallest absolute Gasteiger partial charge is 0.243 e. The topological polar surface area (TPSA) is 87.2 Å². The Kier molecular flexibility index (Phi) is 6.78. The van der Waals surface area contributed by atoms with E-state index >= 15 is 0 Å². The SMILES string of the molecule is CCN(CC)S(=O)(=O)c1ccc(N2CC(C(=O)N3CC(C)OC(C)(C)C3)CC2=O)cc1. The molecule has 8 nitrogen and oxygen atoms in total. The summed E-state index contributed by atoms with van der Waals surface area (Å²) in [6.07, 6.45) is 0.103. The summed E-state index contributed by atoms with van der Waals surface area (Å²) in [6.45, 7) is 11.6. The maximum Gasteiger partial charge on any atom is 0.243 e. The van der Waals surface area contributed by atoms with Crippen LogP contribution in [-0.2, 0) is 24.3 Å². The van der Waals surface area contributed by atoms with Crippen LogP contribution in [0.15, 0.2) is 29.2 Å². The van der Waals surface area contributed by atoms with Crippen LogP contribution in [0.3, 0.4) is 0 Å². The van der Waals surface area contributed by atoms with Gasteiger partial charge in [0, 0.05) is 44.8 Å². The number of sulfonamides is 1. The third-order valence-electron chi connectivity index (χ3n) is 5.85. The van der Waals surface area contributed by atoms with Crippen molar-refractivity contribution in [3.8, 4) is 0 Å². The van der Waals surface area contributed by atoms with E-state index in [4.69, 9.17) is 4.74 Å². The Bertz CT molecular complexity index is 925. The summed E-state index contributed by atoms with van der Waals surface area (Å²) in [4.78, 5) is 29.3. The van der Waals surface area contributed by atoms with Crippen LogP contribution < -0.4 is 4.90 Å². The second-order valence-electron chi connectivity index (χ2n) is 8.90. The van der Waals surface area contributed by atoms with E-state index in [2.05, 4.69) is 0 Å². The highest BCUT2D eigenvalue weighted by Gasteiger charge is 2.41. The first kappa shape index (κ1) is 23.7. The Morgan fingerprint density at radius 1 is 1.16 bits per heavy atom. The van der Waals surface area contributed by atoms with Gasteiger partial charge in [-0.15, -0.1) is 0 Å². The van der Waals surface area contributed by atoms with Gasteiger partial charge in [-0.3, -0.25) is 9.59 Å². The molecule has 172 valence electrons. The van der Waals surface area contributed by atoms with Crippen molar-refractivity contribution < 1.29 is 22.7 Å². The summed E-state index contributed by atoms with van der Waals surface area (Å²) >= 11 is 0. The zero-order valence-corrected chi connectivity index (χ0v) is 19.8. The van der Waals surface area contributed by atoms with E-state index in [1.54, 1.807) is 35.8 Å². The predicted octanol–water partition coefficient (Wildman–Crippen LogP) is 2.10. The standard InChI is InChI=1S/C22H33N3O5S/c1-6-24(7-2)31(28,29)19-10-8-18(9-11-19)25-14-17(12-20(25)26)21(27)23-13-16(3)30-22(4,5)15-23/h8-11,16-17H,6-7,12-15H2,1-5H3. The molecule has 0 spiro atoms. The van der Waals surface area contributed by atoms with Crippen molar-refractivity contribution in [2.45, 2.75) is 57.6 Å². The van der Waals surface area contributed by atoms with E-state index in [-0.39, 0.29) is 29.2 Å². The molecule has 2 saturated heterocycles. The normalized spacial score (nSPS) is 24.1. The summed E-state index contributed by atoms with van der Waals surface area (Å²) in [5.74, 6) is -0.564. The van der Waals surface area contributed by atoms with Crippen molar-refractivity contribution in [2.24, 2.45) is 5.92 Å². The second kappa shape index (κ2) is 8.88. The minimum Gasteiger partial charge on any atom is -0.369 e. The number of amides is 2. The van der Waals surface area contributed by atoms with E-state index in [0.29, 0.717) is 38.4 Å². The fourth-order valence-corrected chi connectivity index (χ4v) is 5.97. The molecule has 31 heavy (non-hydrogen) atoms. The molecule has 9 heteroatoms. The Morgan fingerprint density at radius 3 is 2.32 bits per heavy atom. The molecule has 0 aliphatic carbocycles. The first-order chi connectivity index (χ1) is 14.5. The Hall–Kier alpha value is -1.97. The molecule has 0 bridgehead atoms. The Labute approximate surface area is 185 Å². The molecule has 2 fully saturated rings. The van der Waals surface area contributed by atoms with Gasteiger partial charge in [0.05, 0.1) is 22.5 Å². The van der Waals surface area contributed by atoms with E-state index < -0.39 is 21.5 Å². The third-order valence-corrected chi connectivity index (χ3v) is 7.91. The number of nitrogens with zero attached hydrogens (tertiary/aromatic N) is 3. The highest BCUT2D eigenvalue weighted by Crippen LogP contribution is 2.30. The predicted molar refractivity (Wildman–Crippen MR) is 118 cm³/mol. The zero-order chi connectivity index (χ0) is 23.0. The molecule has 3 rings (SSSR count). The lowest BCUT2D eigenvalue weighted by atomic mass is 10.0. The third kappa shape index (κ3) is 4.94. The fourth-order valence-electron chi connectivity index (χ4n) is 4.51. The monoisotopic (exact) mass is 451 g/mol.